The van der Waals surface area contributed by atoms with E-state index >= 15 is 0 Å². The zero-order valence-corrected chi connectivity index (χ0v) is 50.0. The maximum absolute atomic E-state index is 3.53. The molecule has 75 heavy (non-hydrogen) atoms. The average Bonchev–Trinajstić information content (AvgIpc) is 3.44. The number of nitrogens with zero attached hydrogens (tertiary/aromatic N) is 3. The average molecular weight is 1200 g/mol. The van der Waals surface area contributed by atoms with Crippen molar-refractivity contribution in [2.75, 3.05) is 16.0 Å². The number of hydrogen-bond donors (Lipinski definition) is 0. The Hall–Kier alpha value is -4.23. The van der Waals surface area contributed by atoms with E-state index in [1.807, 2.05) is 0 Å². The second kappa shape index (κ2) is 34.5. The van der Waals surface area contributed by atoms with Gasteiger partial charge in [0.1, 0.15) is 19.6 Å². The molecule has 0 unspecified atom stereocenters. The first kappa shape index (κ1) is 58.5. The van der Waals surface area contributed by atoms with Gasteiger partial charge in [-0.3, -0.25) is 0 Å². The van der Waals surface area contributed by atoms with Gasteiger partial charge in [0.15, 0.2) is 37.2 Å². The number of halogens is 3. The van der Waals surface area contributed by atoms with Crippen LogP contribution in [0.25, 0.3) is 32.3 Å². The van der Waals surface area contributed by atoms with Crippen LogP contribution in [0.1, 0.15) is 149 Å². The van der Waals surface area contributed by atoms with Crippen LogP contribution in [0.5, 0.6) is 0 Å². The largest absolute Gasteiger partial charge is 0.205 e. The third-order valence-corrected chi connectivity index (χ3v) is 16.6. The van der Waals surface area contributed by atoms with Crippen LogP contribution in [0.2, 0.25) is 0 Å². The Morgan fingerprint density at radius 1 is 0.240 bits per heavy atom. The first-order chi connectivity index (χ1) is 37.0. The number of aryl methyl sites for hydroxylation is 9. The van der Waals surface area contributed by atoms with Crippen molar-refractivity contribution in [1.82, 2.24) is 0 Å². The fourth-order valence-corrected chi connectivity index (χ4v) is 11.9. The second-order valence-electron chi connectivity index (χ2n) is 21.2. The predicted molar refractivity (Wildman–Crippen MR) is 332 cm³/mol. The summed E-state index contributed by atoms with van der Waals surface area (Å²) in [5.74, 6) is 0. The minimum atomic E-state index is 1.09. The molecule has 0 bridgehead atoms. The standard InChI is InChI=1S/C48H54N3.C21H33Br3/c1(13-28-49-31-25-43-19-7-10-22-46(43)37-49)4-16-40-34-41(17-5-2-14-29-50-32-26-44-20-8-11-23-47(44)38-50)36-42(35-40)18-6-3-15-30-51-33-27-45-21-9-12-24-48(45)39-51;22-13-7-1-4-10-19-16-20(11-5-2-8-14-23)18-21(17-19)12-6-3-9-15-24/h7-12,19-27,31-39H,1-6,13-18,28-30H2;16-18H,1-15H2/q+3;. The summed E-state index contributed by atoms with van der Waals surface area (Å²) >= 11 is 10.6. The second-order valence-corrected chi connectivity index (χ2v) is 23.6. The molecular weight excluding hydrogens is 1110 g/mol. The molecule has 0 spiro atoms. The van der Waals surface area contributed by atoms with Crippen LogP contribution in [-0.2, 0) is 58.2 Å². The zero-order valence-electron chi connectivity index (χ0n) is 45.3. The van der Waals surface area contributed by atoms with Gasteiger partial charge in [-0.2, -0.15) is 0 Å². The molecular formula is C69H87Br3N3+3. The maximum Gasteiger partial charge on any atom is 0.176 e. The van der Waals surface area contributed by atoms with E-state index in [1.165, 1.54) is 186 Å². The highest BCUT2D eigenvalue weighted by Gasteiger charge is 2.09. The minimum Gasteiger partial charge on any atom is -0.205 e. The first-order valence-corrected chi connectivity index (χ1v) is 32.5. The molecule has 0 fully saturated rings. The molecule has 0 atom stereocenters. The fraction of sp³-hybridized carbons (Fsp3) is 0.435. The van der Waals surface area contributed by atoms with E-state index in [-0.39, 0.29) is 0 Å². The van der Waals surface area contributed by atoms with E-state index in [0.717, 1.165) is 35.6 Å². The molecule has 0 radical (unpaired) electrons. The number of aromatic nitrogens is 3. The lowest BCUT2D eigenvalue weighted by Crippen LogP contribution is -2.32. The van der Waals surface area contributed by atoms with Gasteiger partial charge in [-0.15, -0.1) is 0 Å². The van der Waals surface area contributed by atoms with Gasteiger partial charge in [-0.25, -0.2) is 13.7 Å². The number of benzene rings is 5. The van der Waals surface area contributed by atoms with Crippen molar-refractivity contribution < 1.29 is 13.7 Å². The molecule has 5 aromatic carbocycles. The summed E-state index contributed by atoms with van der Waals surface area (Å²) < 4.78 is 7.08. The van der Waals surface area contributed by atoms with Gasteiger partial charge in [-0.1, -0.05) is 158 Å². The fourth-order valence-electron chi connectivity index (χ4n) is 10.7. The molecule has 0 amide bonds. The van der Waals surface area contributed by atoms with Crippen LogP contribution >= 0.6 is 47.8 Å². The van der Waals surface area contributed by atoms with Crippen molar-refractivity contribution in [2.45, 2.75) is 174 Å². The zero-order chi connectivity index (χ0) is 52.0. The third kappa shape index (κ3) is 21.6. The van der Waals surface area contributed by atoms with E-state index in [1.54, 1.807) is 33.4 Å². The molecule has 8 aromatic rings. The van der Waals surface area contributed by atoms with E-state index in [4.69, 9.17) is 0 Å². The van der Waals surface area contributed by atoms with Crippen LogP contribution < -0.4 is 13.7 Å². The maximum atomic E-state index is 3.53. The first-order valence-electron chi connectivity index (χ1n) is 29.1. The van der Waals surface area contributed by atoms with Gasteiger partial charge in [0.25, 0.3) is 0 Å². The van der Waals surface area contributed by atoms with Crippen molar-refractivity contribution in [3.63, 3.8) is 0 Å². The summed E-state index contributed by atoms with van der Waals surface area (Å²) in [7, 11) is 0. The Labute approximate surface area is 478 Å². The van der Waals surface area contributed by atoms with Crippen molar-refractivity contribution in [2.24, 2.45) is 0 Å². The molecule has 6 heteroatoms. The third-order valence-electron chi connectivity index (χ3n) is 14.9. The lowest BCUT2D eigenvalue weighted by molar-refractivity contribution is -0.696. The Bertz CT molecular complexity index is 2540. The number of unbranched alkanes of at least 4 members (excludes halogenated alkanes) is 12. The molecule has 0 saturated heterocycles. The Morgan fingerprint density at radius 2 is 0.467 bits per heavy atom. The highest BCUT2D eigenvalue weighted by molar-refractivity contribution is 9.09. The van der Waals surface area contributed by atoms with Crippen LogP contribution in [0.4, 0.5) is 0 Å². The quantitative estimate of drug-likeness (QED) is 0.0221. The normalized spacial score (nSPS) is 11.4. The van der Waals surface area contributed by atoms with Crippen LogP contribution in [-0.4, -0.2) is 16.0 Å². The highest BCUT2D eigenvalue weighted by atomic mass is 79.9. The molecule has 0 saturated carbocycles. The summed E-state index contributed by atoms with van der Waals surface area (Å²) in [5, 5.41) is 11.3. The van der Waals surface area contributed by atoms with E-state index in [9.17, 15) is 0 Å². The van der Waals surface area contributed by atoms with Gasteiger partial charge in [0.05, 0.1) is 0 Å². The summed E-state index contributed by atoms with van der Waals surface area (Å²) in [6.45, 7) is 3.27. The molecule has 0 aliphatic rings. The number of alkyl halides is 3. The Kier molecular flexibility index (Phi) is 26.9. The number of fused-ring (bicyclic) bond motifs is 3. The van der Waals surface area contributed by atoms with E-state index in [0.29, 0.717) is 0 Å². The molecule has 3 nitrogen and oxygen atoms in total. The van der Waals surface area contributed by atoms with Crippen LogP contribution in [0, 0.1) is 0 Å². The minimum absolute atomic E-state index is 1.09. The summed E-state index contributed by atoms with van der Waals surface area (Å²) in [4.78, 5) is 0. The van der Waals surface area contributed by atoms with E-state index < -0.39 is 0 Å². The SMILES string of the molecule is BrCCCCCc1cc(CCCCCBr)cc(CCCCCBr)c1.c1ccc2c[n+](CCCCCc3cc(CCCCC[n+]4ccc5ccccc5c4)cc(CCCCC[n+]4ccc5ccccc5c4)c3)ccc2c1. The van der Waals surface area contributed by atoms with Crippen molar-refractivity contribution >= 4 is 80.1 Å². The lowest BCUT2D eigenvalue weighted by atomic mass is 9.95. The molecule has 396 valence electrons. The smallest absolute Gasteiger partial charge is 0.176 e. The van der Waals surface area contributed by atoms with Gasteiger partial charge in [0, 0.05) is 69.6 Å². The number of hydrogen-bond acceptors (Lipinski definition) is 0. The van der Waals surface area contributed by atoms with Crippen molar-refractivity contribution in [1.29, 1.82) is 0 Å². The summed E-state index contributed by atoms with van der Waals surface area (Å²) in [5.41, 5.74) is 9.33. The summed E-state index contributed by atoms with van der Waals surface area (Å²) in [6, 6.07) is 47.7. The predicted octanol–water partition coefficient (Wildman–Crippen LogP) is 18.3. The monoisotopic (exact) mass is 1190 g/mol. The van der Waals surface area contributed by atoms with Crippen LogP contribution in [0.15, 0.2) is 165 Å². The molecule has 0 N–H and O–H groups in total. The highest BCUT2D eigenvalue weighted by Crippen LogP contribution is 2.21. The molecule has 3 aromatic heterocycles. The number of rotatable bonds is 33. The molecule has 0 aliphatic carbocycles. The molecule has 8 rings (SSSR count). The number of pyridine rings is 3. The summed E-state index contributed by atoms with van der Waals surface area (Å²) in [6.07, 6.45) is 44.0. The van der Waals surface area contributed by atoms with E-state index in [2.05, 4.69) is 226 Å². The van der Waals surface area contributed by atoms with Gasteiger partial charge >= 0.3 is 0 Å². The van der Waals surface area contributed by atoms with Crippen molar-refractivity contribution in [3.05, 3.63) is 198 Å². The molecule has 0 aliphatic heterocycles. The molecule has 3 heterocycles. The Morgan fingerprint density at radius 3 is 0.707 bits per heavy atom. The van der Waals surface area contributed by atoms with Crippen molar-refractivity contribution in [3.8, 4) is 0 Å². The van der Waals surface area contributed by atoms with Gasteiger partial charge < -0.3 is 0 Å². The van der Waals surface area contributed by atoms with Gasteiger partial charge in [-0.05, 0) is 183 Å². The van der Waals surface area contributed by atoms with Crippen LogP contribution in [0.3, 0.4) is 0 Å². The van der Waals surface area contributed by atoms with Gasteiger partial charge in [0.2, 0.25) is 0 Å². The Balaban J connectivity index is 0.000000288. The topological polar surface area (TPSA) is 11.6 Å². The lowest BCUT2D eigenvalue weighted by Gasteiger charge is -2.11.